The Morgan fingerprint density at radius 1 is 0.694 bits per heavy atom. The SMILES string of the molecule is C=C(F)C(=O)N1CC(n2nc(C#Cc3c(F)cc4c(ncn4C4CC4)c3F)c(C(N)=O)c2NC)C1.C=C(F)C(=O)O.CNc1c(C(N)=O)c(C#Cc2c(F)cc3c(ncn3C3CC3)c2F)nn1C1CNC1.Cl. The number of halogens is 7. The number of aliphatic carboxylic acids is 1. The Labute approximate surface area is 410 Å². The summed E-state index contributed by atoms with van der Waals surface area (Å²) in [7, 11) is 3.18. The van der Waals surface area contributed by atoms with Gasteiger partial charge in [-0.2, -0.15) is 14.6 Å². The number of nitrogens with zero attached hydrogens (tertiary/aromatic N) is 9. The lowest BCUT2D eigenvalue weighted by atomic mass is 10.1. The maximum atomic E-state index is 15.1. The number of carbonyl (C=O) groups excluding carboxylic acids is 3. The number of anilines is 2. The predicted molar refractivity (Wildman–Crippen MR) is 251 cm³/mol. The van der Waals surface area contributed by atoms with Gasteiger partial charge in [0.2, 0.25) is 5.83 Å². The molecule has 2 aliphatic carbocycles. The molecule has 0 spiro atoms. The normalized spacial score (nSPS) is 14.9. The minimum Gasteiger partial charge on any atom is -0.476 e. The molecule has 6 heterocycles. The molecule has 4 aromatic heterocycles. The van der Waals surface area contributed by atoms with Gasteiger partial charge in [-0.25, -0.2) is 46.1 Å². The monoisotopic (exact) mass is 1020 g/mol. The summed E-state index contributed by atoms with van der Waals surface area (Å²) >= 11 is 0. The fourth-order valence-electron chi connectivity index (χ4n) is 7.87. The zero-order valence-corrected chi connectivity index (χ0v) is 38.9. The summed E-state index contributed by atoms with van der Waals surface area (Å²) < 4.78 is 90.3. The van der Waals surface area contributed by atoms with Crippen molar-refractivity contribution < 1.29 is 50.6 Å². The summed E-state index contributed by atoms with van der Waals surface area (Å²) in [5, 5.41) is 25.1. The molecule has 2 saturated carbocycles. The minimum atomic E-state index is -1.60. The third-order valence-corrected chi connectivity index (χ3v) is 11.9. The fourth-order valence-corrected chi connectivity index (χ4v) is 7.87. The van der Waals surface area contributed by atoms with E-state index in [-0.39, 0.29) is 83.0 Å². The second kappa shape index (κ2) is 20.6. The van der Waals surface area contributed by atoms with Crippen LogP contribution in [0.2, 0.25) is 0 Å². The first-order valence-corrected chi connectivity index (χ1v) is 21.7. The Hall–Kier alpha value is -8.29. The Morgan fingerprint density at radius 3 is 1.42 bits per heavy atom. The van der Waals surface area contributed by atoms with Gasteiger partial charge in [0.15, 0.2) is 28.8 Å². The van der Waals surface area contributed by atoms with E-state index in [0.29, 0.717) is 29.9 Å². The maximum absolute atomic E-state index is 15.1. The molecule has 4 aliphatic rings. The van der Waals surface area contributed by atoms with Crippen molar-refractivity contribution in [1.82, 2.24) is 48.9 Å². The summed E-state index contributed by atoms with van der Waals surface area (Å²) in [5.41, 5.74) is 11.0. The summed E-state index contributed by atoms with van der Waals surface area (Å²) in [5.74, 6) is 0.996. The van der Waals surface area contributed by atoms with Crippen LogP contribution in [0.1, 0.15) is 93.1 Å². The van der Waals surface area contributed by atoms with Gasteiger partial charge in [-0.05, 0) is 37.5 Å². The van der Waals surface area contributed by atoms with Crippen LogP contribution in [0.3, 0.4) is 0 Å². The van der Waals surface area contributed by atoms with Gasteiger partial charge in [0.1, 0.15) is 45.4 Å². The van der Waals surface area contributed by atoms with E-state index in [1.54, 1.807) is 20.9 Å². The Morgan fingerprint density at radius 2 is 1.10 bits per heavy atom. The van der Waals surface area contributed by atoms with Crippen molar-refractivity contribution in [3.8, 4) is 23.7 Å². The second-order valence-corrected chi connectivity index (χ2v) is 16.6. The molecule has 0 radical (unpaired) electrons. The molecule has 0 bridgehead atoms. The van der Waals surface area contributed by atoms with Gasteiger partial charge < -0.3 is 46.6 Å². The largest absolute Gasteiger partial charge is 0.476 e. The lowest BCUT2D eigenvalue weighted by molar-refractivity contribution is -0.135. The van der Waals surface area contributed by atoms with Crippen LogP contribution < -0.4 is 27.4 Å². The molecule has 3 amide bonds. The van der Waals surface area contributed by atoms with Crippen molar-refractivity contribution in [3.63, 3.8) is 0 Å². The highest BCUT2D eigenvalue weighted by atomic mass is 35.5. The molecule has 10 rings (SSSR count). The zero-order chi connectivity index (χ0) is 51.2. The number of carboxylic acids is 1. The Balaban J connectivity index is 0.000000189. The number of nitrogens with two attached hydrogens (primary N) is 2. The number of likely N-dealkylation sites (tertiary alicyclic amines) is 1. The van der Waals surface area contributed by atoms with Crippen molar-refractivity contribution in [3.05, 3.63) is 107 Å². The quantitative estimate of drug-likeness (QED) is 0.0618. The van der Waals surface area contributed by atoms with Crippen molar-refractivity contribution in [1.29, 1.82) is 0 Å². The molecular formula is C46H43ClF6N14O5. The van der Waals surface area contributed by atoms with E-state index in [1.165, 1.54) is 41.4 Å². The first kappa shape index (κ1) is 51.6. The third kappa shape index (κ3) is 9.88. The Kier molecular flexibility index (Phi) is 14.7. The van der Waals surface area contributed by atoms with E-state index < -0.39 is 75.8 Å². The molecular weight excluding hydrogens is 978 g/mol. The van der Waals surface area contributed by atoms with Crippen molar-refractivity contribution in [2.24, 2.45) is 11.5 Å². The molecule has 6 aromatic rings. The van der Waals surface area contributed by atoms with Crippen molar-refractivity contribution >= 4 is 69.8 Å². The Bertz CT molecular complexity index is 3350. The van der Waals surface area contributed by atoms with E-state index in [0.717, 1.165) is 25.7 Å². The number of aromatic nitrogens is 8. The lowest BCUT2D eigenvalue weighted by Crippen LogP contribution is -2.51. The standard InChI is InChI=1S/C23H20F3N7O2.C20H19F2N7O.C3H3FO2.ClH/c1-11(24)23(35)31-8-13(9-31)33-22(28-2)18(21(27)34)16(30-33)6-5-14-15(25)7-17-20(19(14)26)29-10-32(17)12-3-4-12;1-24-20-16(19(23)30)14(27-29(20)11-7-25-8-11)5-4-12-13(21)6-15-18(17(12)22)26-9-28(15)10-2-3-10;1-2(4)3(5)6;/h7,10,12-13,28H,1,3-4,8-9H2,2H3,(H2,27,34);6,9-11,24-25H,2-3,7-8H2,1H3,(H2,23,30);1H2,(H,5,6);1H. The highest BCUT2D eigenvalue weighted by Crippen LogP contribution is 2.39. The number of imidazole rings is 2. The number of hydrogen-bond acceptors (Lipinski definition) is 11. The molecule has 8 N–H and O–H groups in total. The van der Waals surface area contributed by atoms with Crippen LogP contribution in [0.5, 0.6) is 0 Å². The number of rotatable bonds is 10. The molecule has 4 fully saturated rings. The smallest absolute Gasteiger partial charge is 0.364 e. The van der Waals surface area contributed by atoms with E-state index in [2.05, 4.69) is 73.0 Å². The molecule has 2 aromatic carbocycles. The van der Waals surface area contributed by atoms with Crippen LogP contribution in [-0.2, 0) is 9.59 Å². The van der Waals surface area contributed by atoms with Crippen LogP contribution in [0.15, 0.2) is 49.6 Å². The van der Waals surface area contributed by atoms with E-state index in [1.807, 2.05) is 0 Å². The maximum Gasteiger partial charge on any atom is 0.364 e. The van der Waals surface area contributed by atoms with Crippen LogP contribution in [0, 0.1) is 47.0 Å². The van der Waals surface area contributed by atoms with Gasteiger partial charge in [-0.15, -0.1) is 12.4 Å². The van der Waals surface area contributed by atoms with Gasteiger partial charge in [0.05, 0.1) is 46.9 Å². The topological polar surface area (TPSA) is 251 Å². The summed E-state index contributed by atoms with van der Waals surface area (Å²) in [6, 6.07) is 2.52. The average Bonchev–Trinajstić information content (AvgIpc) is 4.16. The number of primary amides is 2. The zero-order valence-electron chi connectivity index (χ0n) is 38.1. The molecule has 19 nitrogen and oxygen atoms in total. The van der Waals surface area contributed by atoms with Gasteiger partial charge in [-0.3, -0.25) is 14.4 Å². The van der Waals surface area contributed by atoms with Gasteiger partial charge in [-0.1, -0.05) is 25.0 Å². The highest BCUT2D eigenvalue weighted by Gasteiger charge is 2.37. The van der Waals surface area contributed by atoms with Crippen LogP contribution in [-0.4, -0.2) is 113 Å². The van der Waals surface area contributed by atoms with Gasteiger partial charge in [0.25, 0.3) is 17.7 Å². The van der Waals surface area contributed by atoms with Crippen molar-refractivity contribution in [2.45, 2.75) is 49.9 Å². The lowest BCUT2D eigenvalue weighted by Gasteiger charge is -2.39. The van der Waals surface area contributed by atoms with E-state index in [9.17, 15) is 41.1 Å². The summed E-state index contributed by atoms with van der Waals surface area (Å²) in [6.07, 6.45) is 6.81. The van der Waals surface area contributed by atoms with E-state index >= 15 is 4.39 Å². The molecule has 0 atom stereocenters. The predicted octanol–water partition coefficient (Wildman–Crippen LogP) is 4.76. The number of hydrogen-bond donors (Lipinski definition) is 6. The molecule has 26 heteroatoms. The third-order valence-electron chi connectivity index (χ3n) is 11.9. The van der Waals surface area contributed by atoms with Crippen molar-refractivity contribution in [2.75, 3.05) is 50.9 Å². The van der Waals surface area contributed by atoms with Crippen LogP contribution in [0.25, 0.3) is 22.1 Å². The molecule has 376 valence electrons. The number of carboxylic acid groups (broad SMARTS) is 1. The molecule has 0 unspecified atom stereocenters. The number of carbonyl (C=O) groups is 4. The average molecular weight is 1020 g/mol. The number of amides is 3. The number of nitrogens with one attached hydrogen (secondary N) is 3. The molecule has 2 saturated heterocycles. The summed E-state index contributed by atoms with van der Waals surface area (Å²) in [6.45, 7) is 7.09. The van der Waals surface area contributed by atoms with Gasteiger partial charge >= 0.3 is 5.97 Å². The molecule has 72 heavy (non-hydrogen) atoms. The van der Waals surface area contributed by atoms with Crippen LogP contribution in [0.4, 0.5) is 38.0 Å². The first-order valence-electron chi connectivity index (χ1n) is 21.7. The summed E-state index contributed by atoms with van der Waals surface area (Å²) in [4.78, 5) is 54.5. The van der Waals surface area contributed by atoms with E-state index in [4.69, 9.17) is 16.6 Å². The van der Waals surface area contributed by atoms with Crippen LogP contribution >= 0.6 is 12.4 Å². The van der Waals surface area contributed by atoms with Gasteiger partial charge in [0, 0.05) is 64.5 Å². The first-order chi connectivity index (χ1) is 33.8. The second-order valence-electron chi connectivity index (χ2n) is 16.6. The number of fused-ring (bicyclic) bond motifs is 2. The molecule has 2 aliphatic heterocycles. The fraction of sp³-hybridized carbons (Fsp3) is 0.304. The minimum absolute atomic E-state index is 0. The highest BCUT2D eigenvalue weighted by molar-refractivity contribution is 6.01. The number of benzene rings is 2.